The Hall–Kier alpha value is -1.06. The third-order valence-electron chi connectivity index (χ3n) is 5.91. The first kappa shape index (κ1) is 19.3. The molecule has 0 radical (unpaired) electrons. The Morgan fingerprint density at radius 2 is 1.71 bits per heavy atom. The maximum Gasteiger partial charge on any atom is 0.230 e. The van der Waals surface area contributed by atoms with E-state index in [2.05, 4.69) is 36.5 Å². The summed E-state index contributed by atoms with van der Waals surface area (Å²) in [5, 5.41) is 3.38. The topological polar surface area (TPSA) is 55.1 Å². The molecule has 0 saturated heterocycles. The molecule has 1 aromatic rings. The Morgan fingerprint density at radius 1 is 1.08 bits per heavy atom. The van der Waals surface area contributed by atoms with Gasteiger partial charge in [-0.15, -0.1) is 12.4 Å². The zero-order chi connectivity index (χ0) is 16.3. The SMILES string of the molecule is Cc1ccccc1C1(C(=O)NC2CCC(N)CC2)CCCCC1.Cl. The Bertz CT molecular complexity index is 546. The van der Waals surface area contributed by atoms with Gasteiger partial charge in [-0.05, 0) is 56.6 Å². The predicted molar refractivity (Wildman–Crippen MR) is 102 cm³/mol. The number of aryl methyl sites for hydroxylation is 1. The summed E-state index contributed by atoms with van der Waals surface area (Å²) in [6, 6.07) is 9.07. The summed E-state index contributed by atoms with van der Waals surface area (Å²) in [5.74, 6) is 0.256. The molecule has 0 spiro atoms. The number of hydrogen-bond donors (Lipinski definition) is 2. The molecule has 24 heavy (non-hydrogen) atoms. The molecule has 2 aliphatic carbocycles. The Morgan fingerprint density at radius 3 is 2.33 bits per heavy atom. The van der Waals surface area contributed by atoms with Crippen molar-refractivity contribution in [1.29, 1.82) is 0 Å². The quantitative estimate of drug-likeness (QED) is 0.865. The van der Waals surface area contributed by atoms with Crippen molar-refractivity contribution >= 4 is 18.3 Å². The van der Waals surface area contributed by atoms with Gasteiger partial charge in [0, 0.05) is 12.1 Å². The highest BCUT2D eigenvalue weighted by molar-refractivity contribution is 5.89. The van der Waals surface area contributed by atoms with Crippen LogP contribution in [-0.4, -0.2) is 18.0 Å². The molecule has 2 saturated carbocycles. The van der Waals surface area contributed by atoms with Crippen LogP contribution in [0, 0.1) is 6.92 Å². The van der Waals surface area contributed by atoms with Gasteiger partial charge in [-0.1, -0.05) is 43.5 Å². The van der Waals surface area contributed by atoms with Crippen LogP contribution in [-0.2, 0) is 10.2 Å². The first-order valence-electron chi connectivity index (χ1n) is 9.24. The molecule has 3 nitrogen and oxygen atoms in total. The van der Waals surface area contributed by atoms with Gasteiger partial charge in [0.05, 0.1) is 5.41 Å². The number of amides is 1. The molecule has 3 N–H and O–H groups in total. The van der Waals surface area contributed by atoms with E-state index in [-0.39, 0.29) is 23.7 Å². The zero-order valence-electron chi connectivity index (χ0n) is 14.7. The van der Waals surface area contributed by atoms with Crippen molar-refractivity contribution in [3.05, 3.63) is 35.4 Å². The zero-order valence-corrected chi connectivity index (χ0v) is 15.5. The number of hydrogen-bond acceptors (Lipinski definition) is 2. The van der Waals surface area contributed by atoms with Gasteiger partial charge in [0.25, 0.3) is 0 Å². The second kappa shape index (κ2) is 8.35. The lowest BCUT2D eigenvalue weighted by Crippen LogP contribution is -2.51. The van der Waals surface area contributed by atoms with E-state index in [4.69, 9.17) is 5.73 Å². The Balaban J connectivity index is 0.00000208. The van der Waals surface area contributed by atoms with E-state index in [9.17, 15) is 4.79 Å². The van der Waals surface area contributed by atoms with Gasteiger partial charge in [0.2, 0.25) is 5.91 Å². The van der Waals surface area contributed by atoms with Crippen molar-refractivity contribution in [2.45, 2.75) is 82.2 Å². The molecular formula is C20H31ClN2O. The van der Waals surface area contributed by atoms with E-state index in [1.165, 1.54) is 17.5 Å². The van der Waals surface area contributed by atoms with Crippen LogP contribution in [0.4, 0.5) is 0 Å². The molecule has 2 fully saturated rings. The van der Waals surface area contributed by atoms with Gasteiger partial charge in [-0.3, -0.25) is 4.79 Å². The molecule has 3 rings (SSSR count). The Kier molecular flexibility index (Phi) is 6.70. The van der Waals surface area contributed by atoms with E-state index in [0.29, 0.717) is 12.1 Å². The lowest BCUT2D eigenvalue weighted by Gasteiger charge is -2.39. The van der Waals surface area contributed by atoms with Crippen LogP contribution in [0.25, 0.3) is 0 Å². The summed E-state index contributed by atoms with van der Waals surface area (Å²) in [6.45, 7) is 2.14. The minimum atomic E-state index is -0.316. The fourth-order valence-electron chi connectivity index (χ4n) is 4.47. The molecule has 0 aromatic heterocycles. The molecule has 134 valence electrons. The number of benzene rings is 1. The predicted octanol–water partition coefficient (Wildman–Crippen LogP) is 4.00. The number of rotatable bonds is 3. The van der Waals surface area contributed by atoms with Gasteiger partial charge >= 0.3 is 0 Å². The summed E-state index contributed by atoms with van der Waals surface area (Å²) in [5.41, 5.74) is 8.16. The van der Waals surface area contributed by atoms with Crippen molar-refractivity contribution in [2.75, 3.05) is 0 Å². The molecule has 2 aliphatic rings. The lowest BCUT2D eigenvalue weighted by atomic mass is 9.67. The maximum atomic E-state index is 13.3. The van der Waals surface area contributed by atoms with E-state index >= 15 is 0 Å². The highest BCUT2D eigenvalue weighted by atomic mass is 35.5. The van der Waals surface area contributed by atoms with Gasteiger partial charge in [-0.25, -0.2) is 0 Å². The van der Waals surface area contributed by atoms with Gasteiger partial charge < -0.3 is 11.1 Å². The van der Waals surface area contributed by atoms with Crippen molar-refractivity contribution in [3.63, 3.8) is 0 Å². The van der Waals surface area contributed by atoms with Crippen LogP contribution in [0.1, 0.15) is 68.9 Å². The van der Waals surface area contributed by atoms with Crippen molar-refractivity contribution in [3.8, 4) is 0 Å². The second-order valence-corrected chi connectivity index (χ2v) is 7.54. The van der Waals surface area contributed by atoms with Crippen LogP contribution in [0.2, 0.25) is 0 Å². The number of nitrogens with one attached hydrogen (secondary N) is 1. The van der Waals surface area contributed by atoms with Crippen LogP contribution >= 0.6 is 12.4 Å². The average Bonchev–Trinajstić information content (AvgIpc) is 2.58. The molecule has 1 aromatic carbocycles. The standard InChI is InChI=1S/C20H30N2O.ClH/c1-15-7-3-4-8-18(15)20(13-5-2-6-14-20)19(23)22-17-11-9-16(21)10-12-17;/h3-4,7-8,16-17H,2,5-6,9-14,21H2,1H3,(H,22,23);1H. The molecule has 1 amide bonds. The molecule has 0 unspecified atom stereocenters. The molecule has 0 atom stereocenters. The smallest absolute Gasteiger partial charge is 0.230 e. The number of halogens is 1. The van der Waals surface area contributed by atoms with Crippen molar-refractivity contribution in [1.82, 2.24) is 5.32 Å². The Labute approximate surface area is 152 Å². The minimum Gasteiger partial charge on any atom is -0.353 e. The summed E-state index contributed by atoms with van der Waals surface area (Å²) in [7, 11) is 0. The monoisotopic (exact) mass is 350 g/mol. The minimum absolute atomic E-state index is 0. The lowest BCUT2D eigenvalue weighted by molar-refractivity contribution is -0.129. The second-order valence-electron chi connectivity index (χ2n) is 7.54. The number of nitrogens with two attached hydrogens (primary N) is 1. The van der Waals surface area contributed by atoms with Crippen molar-refractivity contribution < 1.29 is 4.79 Å². The maximum absolute atomic E-state index is 13.3. The highest BCUT2D eigenvalue weighted by Gasteiger charge is 2.42. The van der Waals surface area contributed by atoms with Crippen LogP contribution in [0.3, 0.4) is 0 Å². The van der Waals surface area contributed by atoms with E-state index in [1.54, 1.807) is 0 Å². The third kappa shape index (κ3) is 3.94. The van der Waals surface area contributed by atoms with E-state index < -0.39 is 0 Å². The molecule has 0 aliphatic heterocycles. The van der Waals surface area contributed by atoms with Gasteiger partial charge in [0.1, 0.15) is 0 Å². The average molecular weight is 351 g/mol. The fourth-order valence-corrected chi connectivity index (χ4v) is 4.47. The fraction of sp³-hybridized carbons (Fsp3) is 0.650. The normalized spacial score (nSPS) is 26.2. The summed E-state index contributed by atoms with van der Waals surface area (Å²) < 4.78 is 0. The highest BCUT2D eigenvalue weighted by Crippen LogP contribution is 2.41. The largest absolute Gasteiger partial charge is 0.353 e. The number of carbonyl (C=O) groups is 1. The van der Waals surface area contributed by atoms with Crippen LogP contribution in [0.15, 0.2) is 24.3 Å². The third-order valence-corrected chi connectivity index (χ3v) is 5.91. The molecular weight excluding hydrogens is 320 g/mol. The van der Waals surface area contributed by atoms with Crippen LogP contribution in [0.5, 0.6) is 0 Å². The summed E-state index contributed by atoms with van der Waals surface area (Å²) in [4.78, 5) is 13.3. The molecule has 0 bridgehead atoms. The van der Waals surface area contributed by atoms with Gasteiger partial charge in [0.15, 0.2) is 0 Å². The first-order chi connectivity index (χ1) is 11.1. The van der Waals surface area contributed by atoms with Crippen molar-refractivity contribution in [2.24, 2.45) is 5.73 Å². The van der Waals surface area contributed by atoms with Crippen LogP contribution < -0.4 is 11.1 Å². The number of carbonyl (C=O) groups excluding carboxylic acids is 1. The summed E-state index contributed by atoms with van der Waals surface area (Å²) in [6.07, 6.45) is 9.62. The first-order valence-corrected chi connectivity index (χ1v) is 9.24. The van der Waals surface area contributed by atoms with Gasteiger partial charge in [-0.2, -0.15) is 0 Å². The van der Waals surface area contributed by atoms with E-state index in [1.807, 2.05) is 0 Å². The molecule has 4 heteroatoms. The summed E-state index contributed by atoms with van der Waals surface area (Å²) >= 11 is 0. The van der Waals surface area contributed by atoms with E-state index in [0.717, 1.165) is 51.4 Å². The molecule has 0 heterocycles.